The van der Waals surface area contributed by atoms with E-state index in [-0.39, 0.29) is 19.0 Å². The van der Waals surface area contributed by atoms with Gasteiger partial charge < -0.3 is 10.0 Å². The molecule has 110 valence electrons. The molecule has 1 N–H and O–H groups in total. The minimum Gasteiger partial charge on any atom is -0.395 e. The average Bonchev–Trinajstić information content (AvgIpc) is 2.63. The van der Waals surface area contributed by atoms with Crippen molar-refractivity contribution in [3.8, 4) is 0 Å². The molecule has 0 saturated carbocycles. The van der Waals surface area contributed by atoms with Crippen molar-refractivity contribution in [1.29, 1.82) is 0 Å². The molecule has 2 rings (SSSR count). The Morgan fingerprint density at radius 1 is 1.30 bits per heavy atom. The molecule has 4 nitrogen and oxygen atoms in total. The van der Waals surface area contributed by atoms with Crippen molar-refractivity contribution >= 4 is 27.4 Å². The van der Waals surface area contributed by atoms with Gasteiger partial charge in [-0.1, -0.05) is 0 Å². The van der Waals surface area contributed by atoms with Gasteiger partial charge in [-0.25, -0.2) is 9.97 Å². The lowest BCUT2D eigenvalue weighted by molar-refractivity contribution is -0.119. The Kier molecular flexibility index (Phi) is 4.14. The second kappa shape index (κ2) is 5.53. The fraction of sp³-hybridized carbons (Fsp3) is 0.500. The Morgan fingerprint density at radius 3 is 2.60 bits per heavy atom. The molecule has 0 fully saturated rings. The molecular formula is C12H14F3N3OS. The number of anilines is 1. The van der Waals surface area contributed by atoms with Crippen molar-refractivity contribution in [3.63, 3.8) is 0 Å². The summed E-state index contributed by atoms with van der Waals surface area (Å²) in [6, 6.07) is 0. The molecular weight excluding hydrogens is 291 g/mol. The van der Waals surface area contributed by atoms with E-state index in [0.29, 0.717) is 10.2 Å². The van der Waals surface area contributed by atoms with E-state index in [1.165, 1.54) is 17.7 Å². The highest BCUT2D eigenvalue weighted by molar-refractivity contribution is 7.18. The van der Waals surface area contributed by atoms with Crippen LogP contribution in [0.25, 0.3) is 10.2 Å². The summed E-state index contributed by atoms with van der Waals surface area (Å²) in [6.07, 6.45) is -3.10. The molecule has 0 atom stereocenters. The Morgan fingerprint density at radius 2 is 2.00 bits per heavy atom. The number of fused-ring (bicyclic) bond motifs is 1. The van der Waals surface area contributed by atoms with Crippen LogP contribution in [0, 0.1) is 13.8 Å². The van der Waals surface area contributed by atoms with Crippen molar-refractivity contribution in [1.82, 2.24) is 9.97 Å². The van der Waals surface area contributed by atoms with Crippen molar-refractivity contribution in [2.45, 2.75) is 20.0 Å². The smallest absolute Gasteiger partial charge is 0.395 e. The Hall–Kier alpha value is -1.41. The van der Waals surface area contributed by atoms with E-state index in [1.54, 1.807) is 0 Å². The first-order valence-electron chi connectivity index (χ1n) is 5.96. The lowest BCUT2D eigenvalue weighted by atomic mass is 10.2. The first-order chi connectivity index (χ1) is 9.33. The van der Waals surface area contributed by atoms with E-state index in [2.05, 4.69) is 9.97 Å². The summed E-state index contributed by atoms with van der Waals surface area (Å²) in [6.45, 7) is 2.09. The van der Waals surface area contributed by atoms with Crippen molar-refractivity contribution in [2.75, 3.05) is 24.6 Å². The topological polar surface area (TPSA) is 49.2 Å². The molecule has 8 heteroatoms. The van der Waals surface area contributed by atoms with Crippen LogP contribution in [0.15, 0.2) is 6.33 Å². The number of thiophene rings is 1. The fourth-order valence-electron chi connectivity index (χ4n) is 2.00. The predicted octanol–water partition coefficient (Wildman–Crippen LogP) is 2.67. The molecule has 0 spiro atoms. The highest BCUT2D eigenvalue weighted by Gasteiger charge is 2.32. The number of aromatic nitrogens is 2. The van der Waals surface area contributed by atoms with Crippen LogP contribution in [0.2, 0.25) is 0 Å². The maximum absolute atomic E-state index is 12.7. The van der Waals surface area contributed by atoms with Gasteiger partial charge in [-0.2, -0.15) is 13.2 Å². The first kappa shape index (κ1) is 15.0. The molecule has 20 heavy (non-hydrogen) atoms. The summed E-state index contributed by atoms with van der Waals surface area (Å²) in [4.78, 5) is 10.8. The van der Waals surface area contributed by atoms with E-state index >= 15 is 0 Å². The van der Waals surface area contributed by atoms with Gasteiger partial charge in [0.2, 0.25) is 0 Å². The second-order valence-electron chi connectivity index (χ2n) is 4.42. The zero-order chi connectivity index (χ0) is 14.9. The molecule has 0 unspecified atom stereocenters. The third-order valence-electron chi connectivity index (χ3n) is 2.98. The van der Waals surface area contributed by atoms with Crippen molar-refractivity contribution in [2.24, 2.45) is 0 Å². The summed E-state index contributed by atoms with van der Waals surface area (Å²) in [7, 11) is 0. The van der Waals surface area contributed by atoms with Crippen LogP contribution in [-0.2, 0) is 0 Å². The largest absolute Gasteiger partial charge is 0.405 e. The number of rotatable bonds is 4. The van der Waals surface area contributed by atoms with E-state index in [9.17, 15) is 13.2 Å². The van der Waals surface area contributed by atoms with Crippen LogP contribution >= 0.6 is 11.3 Å². The average molecular weight is 305 g/mol. The summed E-state index contributed by atoms with van der Waals surface area (Å²) in [5, 5.41) is 9.62. The molecule has 0 radical (unpaired) electrons. The molecule has 0 aliphatic carbocycles. The quantitative estimate of drug-likeness (QED) is 0.943. The van der Waals surface area contributed by atoms with Gasteiger partial charge in [-0.15, -0.1) is 11.3 Å². The van der Waals surface area contributed by atoms with Crippen LogP contribution in [0.4, 0.5) is 19.0 Å². The van der Waals surface area contributed by atoms with Crippen LogP contribution in [-0.4, -0.2) is 40.9 Å². The van der Waals surface area contributed by atoms with Gasteiger partial charge in [0.15, 0.2) is 0 Å². The first-order valence-corrected chi connectivity index (χ1v) is 6.78. The highest BCUT2D eigenvalue weighted by atomic mass is 32.1. The lowest BCUT2D eigenvalue weighted by Gasteiger charge is -2.24. The molecule has 0 amide bonds. The summed E-state index contributed by atoms with van der Waals surface area (Å²) in [5.74, 6) is 0.225. The van der Waals surface area contributed by atoms with Crippen LogP contribution in [0.3, 0.4) is 0 Å². The Balaban J connectivity index is 2.52. The van der Waals surface area contributed by atoms with Crippen molar-refractivity contribution < 1.29 is 18.3 Å². The second-order valence-corrected chi connectivity index (χ2v) is 5.62. The highest BCUT2D eigenvalue weighted by Crippen LogP contribution is 2.35. The summed E-state index contributed by atoms with van der Waals surface area (Å²) in [5.41, 5.74) is 0.880. The molecule has 0 saturated heterocycles. The van der Waals surface area contributed by atoms with Gasteiger partial charge in [-0.3, -0.25) is 0 Å². The number of aryl methyl sites for hydroxylation is 2. The molecule has 0 aromatic carbocycles. The summed E-state index contributed by atoms with van der Waals surface area (Å²) < 4.78 is 38.0. The fourth-order valence-corrected chi connectivity index (χ4v) is 2.99. The Bertz CT molecular complexity index is 612. The Labute approximate surface area is 117 Å². The standard InChI is InChI=1S/C12H14F3N3OS/c1-7-8(2)20-11-9(7)10(16-6-17-11)18(3-4-19)5-12(13,14)15/h6,19H,3-5H2,1-2H3. The number of hydrogen-bond donors (Lipinski definition) is 1. The van der Waals surface area contributed by atoms with E-state index in [1.807, 2.05) is 13.8 Å². The zero-order valence-electron chi connectivity index (χ0n) is 11.0. The normalized spacial score (nSPS) is 12.1. The molecule has 0 bridgehead atoms. The molecule has 0 aliphatic heterocycles. The van der Waals surface area contributed by atoms with Gasteiger partial charge in [0.05, 0.1) is 12.0 Å². The van der Waals surface area contributed by atoms with E-state index in [0.717, 1.165) is 15.3 Å². The maximum atomic E-state index is 12.7. The minimum absolute atomic E-state index is 0.125. The third-order valence-corrected chi connectivity index (χ3v) is 4.10. The zero-order valence-corrected chi connectivity index (χ0v) is 11.8. The maximum Gasteiger partial charge on any atom is 0.405 e. The number of hydrogen-bond acceptors (Lipinski definition) is 5. The summed E-state index contributed by atoms with van der Waals surface area (Å²) >= 11 is 1.42. The van der Waals surface area contributed by atoms with Gasteiger partial charge in [-0.05, 0) is 19.4 Å². The molecule has 0 aliphatic rings. The SMILES string of the molecule is Cc1sc2ncnc(N(CCO)CC(F)(F)F)c2c1C. The van der Waals surface area contributed by atoms with Gasteiger partial charge in [0, 0.05) is 11.4 Å². The van der Waals surface area contributed by atoms with E-state index in [4.69, 9.17) is 5.11 Å². The number of nitrogens with zero attached hydrogens (tertiary/aromatic N) is 3. The molecule has 2 heterocycles. The van der Waals surface area contributed by atoms with Crippen LogP contribution < -0.4 is 4.90 Å². The lowest BCUT2D eigenvalue weighted by Crippen LogP contribution is -2.37. The van der Waals surface area contributed by atoms with Crippen molar-refractivity contribution in [3.05, 3.63) is 16.8 Å². The number of halogens is 3. The van der Waals surface area contributed by atoms with Gasteiger partial charge >= 0.3 is 6.18 Å². The molecule has 2 aromatic rings. The van der Waals surface area contributed by atoms with Crippen LogP contribution in [0.1, 0.15) is 10.4 Å². The number of aliphatic hydroxyl groups excluding tert-OH is 1. The number of aliphatic hydroxyl groups is 1. The third kappa shape index (κ3) is 3.01. The van der Waals surface area contributed by atoms with E-state index < -0.39 is 12.7 Å². The van der Waals surface area contributed by atoms with Gasteiger partial charge in [0.25, 0.3) is 0 Å². The monoisotopic (exact) mass is 305 g/mol. The van der Waals surface area contributed by atoms with Gasteiger partial charge in [0.1, 0.15) is 23.5 Å². The minimum atomic E-state index is -4.36. The molecule has 2 aromatic heterocycles. The van der Waals surface area contributed by atoms with Crippen LogP contribution in [0.5, 0.6) is 0 Å². The predicted molar refractivity (Wildman–Crippen MR) is 72.2 cm³/mol. The number of alkyl halides is 3.